The summed E-state index contributed by atoms with van der Waals surface area (Å²) in [5.41, 5.74) is 0. The van der Waals surface area contributed by atoms with Crippen LogP contribution in [0, 0.1) is 5.92 Å². The number of rotatable bonds is 3. The molecule has 1 saturated heterocycles. The highest BCUT2D eigenvalue weighted by atomic mass is 35.5. The fourth-order valence-electron chi connectivity index (χ4n) is 1.77. The SMILES string of the molecule is Clc1cncnc1NCC1CCNCC1. The van der Waals surface area contributed by atoms with E-state index >= 15 is 0 Å². The highest BCUT2D eigenvalue weighted by molar-refractivity contribution is 6.32. The van der Waals surface area contributed by atoms with Crippen molar-refractivity contribution in [1.29, 1.82) is 0 Å². The Balaban J connectivity index is 1.84. The van der Waals surface area contributed by atoms with Gasteiger partial charge in [0.15, 0.2) is 0 Å². The highest BCUT2D eigenvalue weighted by Crippen LogP contribution is 2.18. The van der Waals surface area contributed by atoms with Crippen LogP contribution in [-0.2, 0) is 0 Å². The van der Waals surface area contributed by atoms with Crippen molar-refractivity contribution in [3.8, 4) is 0 Å². The molecule has 2 heterocycles. The van der Waals surface area contributed by atoms with E-state index in [1.165, 1.54) is 19.2 Å². The van der Waals surface area contributed by atoms with Crippen LogP contribution in [0.1, 0.15) is 12.8 Å². The van der Waals surface area contributed by atoms with Gasteiger partial charge in [0.1, 0.15) is 17.2 Å². The first kappa shape index (κ1) is 10.6. The molecule has 0 aliphatic carbocycles. The van der Waals surface area contributed by atoms with Crippen LogP contribution in [0.3, 0.4) is 0 Å². The van der Waals surface area contributed by atoms with E-state index in [9.17, 15) is 0 Å². The molecule has 82 valence electrons. The molecule has 0 saturated carbocycles. The first-order valence-electron chi connectivity index (χ1n) is 5.26. The Hall–Kier alpha value is -0.870. The minimum atomic E-state index is 0.589. The number of aromatic nitrogens is 2. The quantitative estimate of drug-likeness (QED) is 0.821. The van der Waals surface area contributed by atoms with Crippen LogP contribution in [-0.4, -0.2) is 29.6 Å². The summed E-state index contributed by atoms with van der Waals surface area (Å²) in [6.07, 6.45) is 5.56. The largest absolute Gasteiger partial charge is 0.368 e. The average Bonchev–Trinajstić information content (AvgIpc) is 2.29. The molecule has 0 aromatic carbocycles. The van der Waals surface area contributed by atoms with E-state index in [-0.39, 0.29) is 0 Å². The maximum absolute atomic E-state index is 5.94. The zero-order chi connectivity index (χ0) is 10.5. The van der Waals surface area contributed by atoms with Crippen LogP contribution in [0.25, 0.3) is 0 Å². The van der Waals surface area contributed by atoms with Gasteiger partial charge in [0.05, 0.1) is 6.20 Å². The molecule has 1 aromatic rings. The topological polar surface area (TPSA) is 49.8 Å². The van der Waals surface area contributed by atoms with E-state index in [4.69, 9.17) is 11.6 Å². The second kappa shape index (κ2) is 5.28. The molecule has 0 amide bonds. The van der Waals surface area contributed by atoms with Gasteiger partial charge in [0, 0.05) is 6.54 Å². The predicted octanol–water partition coefficient (Wildman–Crippen LogP) is 1.54. The van der Waals surface area contributed by atoms with Gasteiger partial charge in [-0.1, -0.05) is 11.6 Å². The fraction of sp³-hybridized carbons (Fsp3) is 0.600. The normalized spacial score (nSPS) is 17.7. The average molecular weight is 227 g/mol. The van der Waals surface area contributed by atoms with E-state index in [2.05, 4.69) is 20.6 Å². The number of nitrogens with one attached hydrogen (secondary N) is 2. The summed E-state index contributed by atoms with van der Waals surface area (Å²) in [6, 6.07) is 0. The number of hydrogen-bond acceptors (Lipinski definition) is 4. The van der Waals surface area contributed by atoms with Gasteiger partial charge in [-0.25, -0.2) is 9.97 Å². The van der Waals surface area contributed by atoms with Gasteiger partial charge in [0.25, 0.3) is 0 Å². The maximum Gasteiger partial charge on any atom is 0.148 e. The van der Waals surface area contributed by atoms with Crippen molar-refractivity contribution >= 4 is 17.4 Å². The lowest BCUT2D eigenvalue weighted by Gasteiger charge is -2.23. The number of hydrogen-bond donors (Lipinski definition) is 2. The van der Waals surface area contributed by atoms with Crippen LogP contribution in [0.5, 0.6) is 0 Å². The summed E-state index contributed by atoms with van der Waals surface area (Å²) in [4.78, 5) is 7.94. The minimum absolute atomic E-state index is 0.589. The molecular weight excluding hydrogens is 212 g/mol. The molecular formula is C10H15ClN4. The third-order valence-corrected chi connectivity index (χ3v) is 2.96. The van der Waals surface area contributed by atoms with Gasteiger partial charge in [0.2, 0.25) is 0 Å². The standard InChI is InChI=1S/C10H15ClN4/c11-9-6-13-7-15-10(9)14-5-8-1-3-12-4-2-8/h6-8,12H,1-5H2,(H,13,14,15). The van der Waals surface area contributed by atoms with Crippen molar-refractivity contribution in [1.82, 2.24) is 15.3 Å². The van der Waals surface area contributed by atoms with Crippen LogP contribution < -0.4 is 10.6 Å². The maximum atomic E-state index is 5.94. The molecule has 0 radical (unpaired) electrons. The van der Waals surface area contributed by atoms with Gasteiger partial charge >= 0.3 is 0 Å². The summed E-state index contributed by atoms with van der Waals surface area (Å²) in [7, 11) is 0. The van der Waals surface area contributed by atoms with Crippen LogP contribution in [0.15, 0.2) is 12.5 Å². The summed E-state index contributed by atoms with van der Waals surface area (Å²) in [5, 5.41) is 7.21. The zero-order valence-corrected chi connectivity index (χ0v) is 9.30. The lowest BCUT2D eigenvalue weighted by atomic mass is 9.98. The Morgan fingerprint density at radius 2 is 2.27 bits per heavy atom. The van der Waals surface area contributed by atoms with Crippen molar-refractivity contribution in [2.45, 2.75) is 12.8 Å². The van der Waals surface area contributed by atoms with Crippen molar-refractivity contribution in [2.24, 2.45) is 5.92 Å². The number of halogens is 1. The predicted molar refractivity (Wildman–Crippen MR) is 61.1 cm³/mol. The molecule has 1 aliphatic heterocycles. The molecule has 1 fully saturated rings. The Morgan fingerprint density at radius 3 is 3.00 bits per heavy atom. The van der Waals surface area contributed by atoms with E-state index in [0.29, 0.717) is 5.02 Å². The lowest BCUT2D eigenvalue weighted by molar-refractivity contribution is 0.389. The Morgan fingerprint density at radius 1 is 1.47 bits per heavy atom. The zero-order valence-electron chi connectivity index (χ0n) is 8.54. The second-order valence-electron chi connectivity index (χ2n) is 3.79. The van der Waals surface area contributed by atoms with E-state index in [1.807, 2.05) is 0 Å². The van der Waals surface area contributed by atoms with Crippen molar-refractivity contribution < 1.29 is 0 Å². The van der Waals surface area contributed by atoms with E-state index < -0.39 is 0 Å². The molecule has 0 unspecified atom stereocenters. The monoisotopic (exact) mass is 226 g/mol. The summed E-state index contributed by atoms with van der Waals surface area (Å²) in [6.45, 7) is 3.17. The molecule has 15 heavy (non-hydrogen) atoms. The second-order valence-corrected chi connectivity index (χ2v) is 4.20. The van der Waals surface area contributed by atoms with Crippen LogP contribution in [0.4, 0.5) is 5.82 Å². The van der Waals surface area contributed by atoms with E-state index in [0.717, 1.165) is 31.4 Å². The van der Waals surface area contributed by atoms with Crippen LogP contribution >= 0.6 is 11.6 Å². The number of anilines is 1. The lowest BCUT2D eigenvalue weighted by Crippen LogP contribution is -2.31. The highest BCUT2D eigenvalue weighted by Gasteiger charge is 2.13. The minimum Gasteiger partial charge on any atom is -0.368 e. The van der Waals surface area contributed by atoms with Gasteiger partial charge in [-0.3, -0.25) is 0 Å². The Bertz CT molecular complexity index is 312. The Labute approximate surface area is 94.5 Å². The van der Waals surface area contributed by atoms with Gasteiger partial charge in [-0.15, -0.1) is 0 Å². The van der Waals surface area contributed by atoms with E-state index in [1.54, 1.807) is 6.20 Å². The first-order valence-corrected chi connectivity index (χ1v) is 5.64. The molecule has 2 rings (SSSR count). The summed E-state index contributed by atoms with van der Waals surface area (Å²) in [5.74, 6) is 1.46. The van der Waals surface area contributed by atoms with Gasteiger partial charge in [-0.05, 0) is 31.8 Å². The third kappa shape index (κ3) is 3.04. The van der Waals surface area contributed by atoms with Gasteiger partial charge < -0.3 is 10.6 Å². The molecule has 1 aromatic heterocycles. The molecule has 0 bridgehead atoms. The molecule has 2 N–H and O–H groups in total. The smallest absolute Gasteiger partial charge is 0.148 e. The van der Waals surface area contributed by atoms with Crippen molar-refractivity contribution in [3.05, 3.63) is 17.5 Å². The molecule has 0 atom stereocenters. The van der Waals surface area contributed by atoms with Crippen molar-refractivity contribution in [3.63, 3.8) is 0 Å². The first-order chi connectivity index (χ1) is 7.36. The molecule has 0 spiro atoms. The fourth-order valence-corrected chi connectivity index (χ4v) is 1.94. The number of nitrogens with zero attached hydrogens (tertiary/aromatic N) is 2. The number of piperidine rings is 1. The molecule has 5 heteroatoms. The molecule has 4 nitrogen and oxygen atoms in total. The summed E-state index contributed by atoms with van der Waals surface area (Å²) >= 11 is 5.94. The Kier molecular flexibility index (Phi) is 3.75. The summed E-state index contributed by atoms with van der Waals surface area (Å²) < 4.78 is 0. The van der Waals surface area contributed by atoms with Crippen molar-refractivity contribution in [2.75, 3.05) is 25.0 Å². The molecule has 1 aliphatic rings. The van der Waals surface area contributed by atoms with Gasteiger partial charge in [-0.2, -0.15) is 0 Å². The van der Waals surface area contributed by atoms with Crippen LogP contribution in [0.2, 0.25) is 5.02 Å². The third-order valence-electron chi connectivity index (χ3n) is 2.68.